The van der Waals surface area contributed by atoms with Crippen molar-refractivity contribution in [3.63, 3.8) is 0 Å². The number of hydrogen-bond donors (Lipinski definition) is 1. The van der Waals surface area contributed by atoms with E-state index >= 15 is 0 Å². The van der Waals surface area contributed by atoms with Crippen molar-refractivity contribution in [3.05, 3.63) is 58.3 Å². The van der Waals surface area contributed by atoms with Crippen LogP contribution < -0.4 is 14.8 Å². The summed E-state index contributed by atoms with van der Waals surface area (Å²) in [5.41, 5.74) is 1.60. The van der Waals surface area contributed by atoms with E-state index in [9.17, 15) is 4.79 Å². The number of benzene rings is 2. The average molecular weight is 374 g/mol. The molecule has 2 heterocycles. The van der Waals surface area contributed by atoms with Gasteiger partial charge in [0.15, 0.2) is 17.3 Å². The zero-order valence-electron chi connectivity index (χ0n) is 12.0. The Hall–Kier alpha value is -2.47. The number of carbonyl (C=O) groups is 1. The van der Waals surface area contributed by atoms with Gasteiger partial charge in [-0.1, -0.05) is 28.1 Å². The summed E-state index contributed by atoms with van der Waals surface area (Å²) < 4.78 is 17.1. The van der Waals surface area contributed by atoms with Gasteiger partial charge in [0.05, 0.1) is 0 Å². The van der Waals surface area contributed by atoms with Gasteiger partial charge in [0.25, 0.3) is 5.91 Å². The maximum absolute atomic E-state index is 12.3. The van der Waals surface area contributed by atoms with Crippen LogP contribution in [0.1, 0.15) is 16.1 Å². The van der Waals surface area contributed by atoms with Crippen LogP contribution in [0.4, 0.5) is 0 Å². The minimum atomic E-state index is -0.259. The number of carbonyl (C=O) groups excluding carboxylic acids is 1. The van der Waals surface area contributed by atoms with Crippen LogP contribution in [0.2, 0.25) is 0 Å². The van der Waals surface area contributed by atoms with E-state index in [2.05, 4.69) is 21.2 Å². The molecule has 0 radical (unpaired) electrons. The second-order valence-electron chi connectivity index (χ2n) is 5.13. The molecule has 2 aromatic carbocycles. The maximum atomic E-state index is 12.3. The Balaban J connectivity index is 1.50. The highest BCUT2D eigenvalue weighted by atomic mass is 79.9. The monoisotopic (exact) mass is 373 g/mol. The summed E-state index contributed by atoms with van der Waals surface area (Å²) in [6, 6.07) is 12.9. The Morgan fingerprint density at radius 3 is 2.87 bits per heavy atom. The lowest BCUT2D eigenvalue weighted by molar-refractivity contribution is 0.0925. The van der Waals surface area contributed by atoms with E-state index in [1.54, 1.807) is 6.07 Å². The van der Waals surface area contributed by atoms with Gasteiger partial charge < -0.3 is 19.2 Å². The van der Waals surface area contributed by atoms with Gasteiger partial charge in [0.1, 0.15) is 5.58 Å². The molecule has 3 aromatic rings. The number of fused-ring (bicyclic) bond motifs is 2. The lowest BCUT2D eigenvalue weighted by atomic mass is 10.2. The van der Waals surface area contributed by atoms with Crippen LogP contribution in [0.25, 0.3) is 11.0 Å². The van der Waals surface area contributed by atoms with Gasteiger partial charge in [0.2, 0.25) is 6.79 Å². The molecule has 0 spiro atoms. The fourth-order valence-electron chi connectivity index (χ4n) is 2.46. The summed E-state index contributed by atoms with van der Waals surface area (Å²) in [5.74, 6) is 1.45. The number of hydrogen-bond acceptors (Lipinski definition) is 4. The third-order valence-electron chi connectivity index (χ3n) is 3.62. The van der Waals surface area contributed by atoms with Crippen LogP contribution >= 0.6 is 15.9 Å². The molecule has 1 N–H and O–H groups in total. The average Bonchev–Trinajstić information content (AvgIpc) is 3.19. The van der Waals surface area contributed by atoms with Crippen molar-refractivity contribution in [1.29, 1.82) is 0 Å². The number of ether oxygens (including phenoxy) is 2. The van der Waals surface area contributed by atoms with Gasteiger partial charge in [-0.05, 0) is 35.9 Å². The molecule has 116 valence electrons. The number of halogens is 1. The first-order valence-corrected chi connectivity index (χ1v) is 7.85. The molecule has 1 aliphatic heterocycles. The van der Waals surface area contributed by atoms with Gasteiger partial charge in [0, 0.05) is 16.4 Å². The van der Waals surface area contributed by atoms with E-state index in [-0.39, 0.29) is 18.5 Å². The predicted octanol–water partition coefficient (Wildman–Crippen LogP) is 3.85. The Kier molecular flexibility index (Phi) is 3.46. The Bertz CT molecular complexity index is 903. The molecule has 6 heteroatoms. The van der Waals surface area contributed by atoms with E-state index in [1.807, 2.05) is 36.4 Å². The quantitative estimate of drug-likeness (QED) is 0.757. The van der Waals surface area contributed by atoms with Crippen molar-refractivity contribution in [2.24, 2.45) is 0 Å². The van der Waals surface area contributed by atoms with E-state index in [0.29, 0.717) is 17.9 Å². The first-order chi connectivity index (χ1) is 11.2. The van der Waals surface area contributed by atoms with Crippen molar-refractivity contribution in [2.45, 2.75) is 6.54 Å². The topological polar surface area (TPSA) is 60.7 Å². The smallest absolute Gasteiger partial charge is 0.287 e. The lowest BCUT2D eigenvalue weighted by Gasteiger charge is -2.04. The molecule has 0 aliphatic carbocycles. The molecule has 0 atom stereocenters. The van der Waals surface area contributed by atoms with Crippen LogP contribution in [0.3, 0.4) is 0 Å². The van der Waals surface area contributed by atoms with Crippen LogP contribution in [0, 0.1) is 0 Å². The predicted molar refractivity (Wildman–Crippen MR) is 87.6 cm³/mol. The minimum absolute atomic E-state index is 0.235. The summed E-state index contributed by atoms with van der Waals surface area (Å²) >= 11 is 3.45. The van der Waals surface area contributed by atoms with Gasteiger partial charge >= 0.3 is 0 Å². The van der Waals surface area contributed by atoms with Crippen molar-refractivity contribution in [3.8, 4) is 11.5 Å². The zero-order valence-corrected chi connectivity index (χ0v) is 13.6. The number of amides is 1. The Morgan fingerprint density at radius 1 is 1.13 bits per heavy atom. The van der Waals surface area contributed by atoms with Gasteiger partial charge in [-0.3, -0.25) is 4.79 Å². The van der Waals surface area contributed by atoms with Gasteiger partial charge in [-0.25, -0.2) is 0 Å². The maximum Gasteiger partial charge on any atom is 0.287 e. The number of nitrogens with one attached hydrogen (secondary N) is 1. The van der Waals surface area contributed by atoms with Crippen LogP contribution in [-0.2, 0) is 6.54 Å². The largest absolute Gasteiger partial charge is 0.454 e. The number of rotatable bonds is 3. The molecule has 1 aromatic heterocycles. The summed E-state index contributed by atoms with van der Waals surface area (Å²) in [4.78, 5) is 12.3. The van der Waals surface area contributed by atoms with Crippen molar-refractivity contribution in [2.75, 3.05) is 6.79 Å². The van der Waals surface area contributed by atoms with Crippen LogP contribution in [-0.4, -0.2) is 12.7 Å². The molecule has 23 heavy (non-hydrogen) atoms. The fraction of sp³-hybridized carbons (Fsp3) is 0.118. The second-order valence-corrected chi connectivity index (χ2v) is 5.99. The molecule has 0 saturated heterocycles. The highest BCUT2D eigenvalue weighted by molar-refractivity contribution is 9.10. The molecule has 0 bridgehead atoms. The molecule has 0 saturated carbocycles. The second kappa shape index (κ2) is 5.62. The first kappa shape index (κ1) is 14.1. The van der Waals surface area contributed by atoms with Gasteiger partial charge in [-0.2, -0.15) is 0 Å². The van der Waals surface area contributed by atoms with E-state index in [4.69, 9.17) is 13.9 Å². The molecular weight excluding hydrogens is 362 g/mol. The standard InChI is InChI=1S/C17H12BrNO4/c18-12-2-1-3-13-11(12)7-16(23-13)17(20)19-8-10-4-5-14-15(6-10)22-9-21-14/h1-7H,8-9H2,(H,19,20). The third-order valence-corrected chi connectivity index (χ3v) is 4.31. The third kappa shape index (κ3) is 2.66. The van der Waals surface area contributed by atoms with Crippen molar-refractivity contribution < 1.29 is 18.7 Å². The van der Waals surface area contributed by atoms with Crippen LogP contribution in [0.15, 0.2) is 51.4 Å². The van der Waals surface area contributed by atoms with Crippen molar-refractivity contribution in [1.82, 2.24) is 5.32 Å². The highest BCUT2D eigenvalue weighted by Crippen LogP contribution is 2.32. The highest BCUT2D eigenvalue weighted by Gasteiger charge is 2.15. The molecule has 1 aliphatic rings. The first-order valence-electron chi connectivity index (χ1n) is 7.05. The molecule has 5 nitrogen and oxygen atoms in total. The van der Waals surface area contributed by atoms with Crippen molar-refractivity contribution >= 4 is 32.8 Å². The van der Waals surface area contributed by atoms with E-state index in [1.165, 1.54) is 0 Å². The fourth-order valence-corrected chi connectivity index (χ4v) is 2.92. The Morgan fingerprint density at radius 2 is 2.00 bits per heavy atom. The van der Waals surface area contributed by atoms with E-state index in [0.717, 1.165) is 21.2 Å². The molecule has 0 fully saturated rings. The van der Waals surface area contributed by atoms with E-state index < -0.39 is 0 Å². The molecule has 0 unspecified atom stereocenters. The molecule has 4 rings (SSSR count). The van der Waals surface area contributed by atoms with Gasteiger partial charge in [-0.15, -0.1) is 0 Å². The molecular formula is C17H12BrNO4. The minimum Gasteiger partial charge on any atom is -0.454 e. The Labute approximate surface area is 140 Å². The van der Waals surface area contributed by atoms with Crippen LogP contribution in [0.5, 0.6) is 11.5 Å². The zero-order chi connectivity index (χ0) is 15.8. The summed E-state index contributed by atoms with van der Waals surface area (Å²) in [7, 11) is 0. The number of furan rings is 1. The SMILES string of the molecule is O=C(NCc1ccc2c(c1)OCO2)c1cc2c(Br)cccc2o1. The molecule has 1 amide bonds. The summed E-state index contributed by atoms with van der Waals surface area (Å²) in [6.45, 7) is 0.618. The summed E-state index contributed by atoms with van der Waals surface area (Å²) in [5, 5.41) is 3.72. The lowest BCUT2D eigenvalue weighted by Crippen LogP contribution is -2.22. The summed E-state index contributed by atoms with van der Waals surface area (Å²) in [6.07, 6.45) is 0. The normalized spacial score (nSPS) is 12.6.